The molecular formula is C40H72BN9O9. The average Bonchev–Trinajstić information content (AvgIpc) is 3.15. The molecule has 334 valence electrons. The van der Waals surface area contributed by atoms with Crippen molar-refractivity contribution in [3.63, 3.8) is 0 Å². The van der Waals surface area contributed by atoms with Crippen molar-refractivity contribution in [1.29, 1.82) is 0 Å². The van der Waals surface area contributed by atoms with Crippen LogP contribution in [0.4, 0.5) is 0 Å². The second kappa shape index (κ2) is 27.5. The molecule has 1 aromatic carbocycles. The number of primary amides is 1. The molecule has 0 saturated heterocycles. The lowest BCUT2D eigenvalue weighted by Gasteiger charge is -2.28. The van der Waals surface area contributed by atoms with Gasteiger partial charge in [0.15, 0.2) is 0 Å². The van der Waals surface area contributed by atoms with Gasteiger partial charge in [-0.25, -0.2) is 0 Å². The number of ether oxygens (including phenoxy) is 1. The van der Waals surface area contributed by atoms with Gasteiger partial charge in [-0.3, -0.25) is 28.8 Å². The summed E-state index contributed by atoms with van der Waals surface area (Å²) in [5.41, 5.74) is 23.4. The van der Waals surface area contributed by atoms with E-state index in [2.05, 4.69) is 26.6 Å². The van der Waals surface area contributed by atoms with Crippen LogP contribution in [0.15, 0.2) is 18.2 Å². The topological polar surface area (TPSA) is 316 Å². The fraction of sp³-hybridized carbons (Fsp3) is 0.700. The molecule has 0 spiro atoms. The van der Waals surface area contributed by atoms with Crippen molar-refractivity contribution in [1.82, 2.24) is 26.6 Å². The van der Waals surface area contributed by atoms with E-state index in [1.54, 1.807) is 6.07 Å². The number of unbranched alkanes of at least 4 members (excludes halogenated alkanes) is 2. The van der Waals surface area contributed by atoms with Gasteiger partial charge in [-0.1, -0.05) is 60.1 Å². The first-order valence-corrected chi connectivity index (χ1v) is 20.7. The number of hydrogen-bond acceptors (Lipinski definition) is 12. The molecule has 0 aliphatic carbocycles. The Balaban J connectivity index is 3.58. The Morgan fingerprint density at radius 1 is 0.627 bits per heavy atom. The molecule has 59 heavy (non-hydrogen) atoms. The summed E-state index contributed by atoms with van der Waals surface area (Å²) >= 11 is 0. The lowest BCUT2D eigenvalue weighted by molar-refractivity contribution is -0.135. The molecule has 0 heterocycles. The highest BCUT2D eigenvalue weighted by Crippen LogP contribution is 2.15. The molecule has 18 nitrogen and oxygen atoms in total. The smallest absolute Gasteiger partial charge is 0.492 e. The van der Waals surface area contributed by atoms with Gasteiger partial charge in [0.25, 0.3) is 0 Å². The Kier molecular flexibility index (Phi) is 24.5. The zero-order valence-electron chi connectivity index (χ0n) is 36.1. The van der Waals surface area contributed by atoms with Crippen LogP contribution in [0.1, 0.15) is 105 Å². The average molecular weight is 834 g/mol. The minimum absolute atomic E-state index is 0.0157. The Bertz CT molecular complexity index is 1500. The summed E-state index contributed by atoms with van der Waals surface area (Å²) < 4.78 is 5.25. The van der Waals surface area contributed by atoms with Gasteiger partial charge < -0.3 is 64.3 Å². The second-order valence-corrected chi connectivity index (χ2v) is 16.4. The van der Waals surface area contributed by atoms with Crippen LogP contribution in [0.3, 0.4) is 0 Å². The number of nitrogens with two attached hydrogens (primary N) is 4. The van der Waals surface area contributed by atoms with Gasteiger partial charge in [-0.05, 0) is 93.8 Å². The Hall–Kier alpha value is -4.30. The number of benzene rings is 1. The number of nitrogens with one attached hydrogen (secondary N) is 5. The van der Waals surface area contributed by atoms with Crippen LogP contribution in [-0.4, -0.2) is 109 Å². The third-order valence-corrected chi connectivity index (χ3v) is 9.58. The first kappa shape index (κ1) is 52.7. The molecule has 19 heteroatoms. The molecule has 6 atom stereocenters. The zero-order valence-corrected chi connectivity index (χ0v) is 36.1. The SMILES string of the molecule is COc1ccc(C[C@H](NC(=O)[C@H](CC(C)C)NC(=O)[C@H](CCCCN)NC(=O)[C@@H](N)CCCCN)C(=O)N[C@@H](CC(C)C)C(=O)N[C@@H](CC(C)C)C(N)=O)cc1B(O)O. The number of carbonyl (C=O) groups excluding carboxylic acids is 6. The van der Waals surface area contributed by atoms with Crippen molar-refractivity contribution in [2.45, 2.75) is 142 Å². The largest absolute Gasteiger partial charge is 0.497 e. The summed E-state index contributed by atoms with van der Waals surface area (Å²) in [6.07, 6.45) is 3.45. The van der Waals surface area contributed by atoms with E-state index in [0.717, 1.165) is 0 Å². The van der Waals surface area contributed by atoms with Crippen LogP contribution < -0.4 is 59.7 Å². The van der Waals surface area contributed by atoms with Gasteiger partial charge in [0, 0.05) is 11.9 Å². The van der Waals surface area contributed by atoms with Crippen molar-refractivity contribution >= 4 is 48.0 Å². The van der Waals surface area contributed by atoms with Crippen LogP contribution in [0.2, 0.25) is 0 Å². The van der Waals surface area contributed by atoms with E-state index in [0.29, 0.717) is 50.8 Å². The van der Waals surface area contributed by atoms with Crippen LogP contribution >= 0.6 is 0 Å². The number of amides is 6. The predicted octanol–water partition coefficient (Wildman–Crippen LogP) is -1.45. The van der Waals surface area contributed by atoms with Gasteiger partial charge in [0.1, 0.15) is 36.0 Å². The monoisotopic (exact) mass is 834 g/mol. The summed E-state index contributed by atoms with van der Waals surface area (Å²) in [7, 11) is -0.560. The van der Waals surface area contributed by atoms with E-state index in [-0.39, 0.29) is 61.1 Å². The maximum atomic E-state index is 14.2. The van der Waals surface area contributed by atoms with Crippen LogP contribution in [0.5, 0.6) is 5.75 Å². The molecular weight excluding hydrogens is 761 g/mol. The standard InChI is InChI=1S/C40H72BN9O9/c1-23(2)18-30(35(45)51)47-38(54)31(19-24(3)4)49-40(56)33(22-26-14-15-34(59-7)27(21-26)41(57)58)50-39(55)32(20-25(5)6)48-37(53)29(13-9-11-17-43)46-36(52)28(44)12-8-10-16-42/h14-15,21,23-25,28-33,57-58H,8-13,16-20,22,42-44H2,1-7H3,(H2,45,51)(H,46,52)(H,47,54)(H,48,53)(H,49,56)(H,50,55)/t28-,29-,30-,31-,32-,33-/m0/s1. The van der Waals surface area contributed by atoms with E-state index in [1.807, 2.05) is 41.5 Å². The third kappa shape index (κ3) is 20.0. The summed E-state index contributed by atoms with van der Waals surface area (Å²) in [6, 6.07) is -2.06. The van der Waals surface area contributed by atoms with E-state index in [9.17, 15) is 38.8 Å². The molecule has 1 rings (SSSR count). The molecule has 0 saturated carbocycles. The van der Waals surface area contributed by atoms with Crippen LogP contribution in [-0.2, 0) is 35.2 Å². The van der Waals surface area contributed by atoms with E-state index < -0.39 is 78.8 Å². The minimum Gasteiger partial charge on any atom is -0.497 e. The number of hydrogen-bond donors (Lipinski definition) is 11. The summed E-state index contributed by atoms with van der Waals surface area (Å²) in [6.45, 7) is 12.0. The normalized spacial score (nSPS) is 14.4. The fourth-order valence-electron chi connectivity index (χ4n) is 6.45. The van der Waals surface area contributed by atoms with Crippen LogP contribution in [0, 0.1) is 17.8 Å². The predicted molar refractivity (Wildman–Crippen MR) is 228 cm³/mol. The van der Waals surface area contributed by atoms with E-state index in [4.69, 9.17) is 27.7 Å². The lowest BCUT2D eigenvalue weighted by Crippen LogP contribution is -2.60. The molecule has 0 fully saturated rings. The van der Waals surface area contributed by atoms with E-state index in [1.165, 1.54) is 19.2 Å². The van der Waals surface area contributed by atoms with Crippen molar-refractivity contribution in [3.8, 4) is 5.75 Å². The summed E-state index contributed by atoms with van der Waals surface area (Å²) in [4.78, 5) is 81.1. The quantitative estimate of drug-likeness (QED) is 0.0327. The lowest BCUT2D eigenvalue weighted by atomic mass is 9.78. The molecule has 6 amide bonds. The van der Waals surface area contributed by atoms with Gasteiger partial charge >= 0.3 is 7.12 Å². The van der Waals surface area contributed by atoms with E-state index >= 15 is 0 Å². The number of rotatable bonds is 29. The minimum atomic E-state index is -1.92. The van der Waals surface area contributed by atoms with Crippen LogP contribution in [0.25, 0.3) is 0 Å². The molecule has 0 aliphatic rings. The molecule has 0 unspecified atom stereocenters. The van der Waals surface area contributed by atoms with Crippen molar-refractivity contribution in [3.05, 3.63) is 23.8 Å². The van der Waals surface area contributed by atoms with Crippen molar-refractivity contribution in [2.75, 3.05) is 20.2 Å². The molecule has 15 N–H and O–H groups in total. The molecule has 1 aromatic rings. The summed E-state index contributed by atoms with van der Waals surface area (Å²) in [5.74, 6) is -3.97. The summed E-state index contributed by atoms with van der Waals surface area (Å²) in [5, 5.41) is 33.7. The number of methoxy groups -OCH3 is 1. The van der Waals surface area contributed by atoms with Gasteiger partial charge in [0.2, 0.25) is 35.4 Å². The van der Waals surface area contributed by atoms with Crippen molar-refractivity contribution in [2.24, 2.45) is 40.7 Å². The second-order valence-electron chi connectivity index (χ2n) is 16.4. The Morgan fingerprint density at radius 2 is 1.05 bits per heavy atom. The third-order valence-electron chi connectivity index (χ3n) is 9.58. The fourth-order valence-corrected chi connectivity index (χ4v) is 6.45. The molecule has 0 bridgehead atoms. The molecule has 0 aliphatic heterocycles. The Labute approximate surface area is 350 Å². The number of carbonyl (C=O) groups is 6. The highest BCUT2D eigenvalue weighted by molar-refractivity contribution is 6.59. The molecule has 0 aromatic heterocycles. The Morgan fingerprint density at radius 3 is 1.51 bits per heavy atom. The van der Waals surface area contributed by atoms with Crippen molar-refractivity contribution < 1.29 is 43.6 Å². The highest BCUT2D eigenvalue weighted by atomic mass is 16.5. The maximum Gasteiger partial charge on any atom is 0.492 e. The highest BCUT2D eigenvalue weighted by Gasteiger charge is 2.34. The zero-order chi connectivity index (χ0) is 44.8. The van der Waals surface area contributed by atoms with Gasteiger partial charge in [-0.15, -0.1) is 0 Å². The first-order chi connectivity index (χ1) is 27.7. The first-order valence-electron chi connectivity index (χ1n) is 20.7. The maximum absolute atomic E-state index is 14.2. The molecule has 0 radical (unpaired) electrons. The van der Waals surface area contributed by atoms with Gasteiger partial charge in [-0.2, -0.15) is 0 Å². The van der Waals surface area contributed by atoms with Gasteiger partial charge in [0.05, 0.1) is 13.2 Å².